The van der Waals surface area contributed by atoms with E-state index in [0.29, 0.717) is 32.6 Å². The highest BCUT2D eigenvalue weighted by Crippen LogP contribution is 2.20. The molecular weight excluding hydrogens is 382 g/mol. The van der Waals surface area contributed by atoms with Gasteiger partial charge in [0.1, 0.15) is 6.54 Å². The van der Waals surface area contributed by atoms with Gasteiger partial charge in [0.2, 0.25) is 5.78 Å². The van der Waals surface area contributed by atoms with Crippen LogP contribution in [-0.4, -0.2) is 49.4 Å². The fourth-order valence-electron chi connectivity index (χ4n) is 3.03. The number of quaternary nitrogens is 1. The molecule has 150 valence electrons. The molecule has 0 aliphatic heterocycles. The minimum atomic E-state index is -0.522. The number of hydrogen-bond donors (Lipinski definition) is 3. The Morgan fingerprint density at radius 2 is 1.68 bits per heavy atom. The number of rotatable bonds is 8. The third kappa shape index (κ3) is 5.43. The largest absolute Gasteiger partial charge is 0.462 e. The zero-order valence-corrected chi connectivity index (χ0v) is 17.2. The summed E-state index contributed by atoms with van der Waals surface area (Å²) in [5.41, 5.74) is 2.44. The molecule has 0 saturated carbocycles. The molecule has 0 spiro atoms. The van der Waals surface area contributed by atoms with Crippen molar-refractivity contribution in [2.24, 2.45) is 0 Å². The average Bonchev–Trinajstić information content (AvgIpc) is 2.91. The quantitative estimate of drug-likeness (QED) is 0.460. The lowest BCUT2D eigenvalue weighted by atomic mass is 10.0. The van der Waals surface area contributed by atoms with Crippen LogP contribution < -0.4 is 10.2 Å². The first-order valence-electron chi connectivity index (χ1n) is 8.99. The van der Waals surface area contributed by atoms with E-state index in [1.54, 1.807) is 52.1 Å². The van der Waals surface area contributed by atoms with Gasteiger partial charge in [0.05, 0.1) is 24.8 Å². The first-order chi connectivity index (χ1) is 13.2. The number of Topliss-reactive ketones (excluding diaryl/α,β-unsaturated/α-hetero) is 1. The molecule has 1 heterocycles. The van der Waals surface area contributed by atoms with Crippen LogP contribution in [0, 0.1) is 13.8 Å². The molecule has 2 aromatic rings. The van der Waals surface area contributed by atoms with E-state index in [1.165, 1.54) is 0 Å². The third-order valence-electron chi connectivity index (χ3n) is 4.19. The van der Waals surface area contributed by atoms with Gasteiger partial charge in [-0.1, -0.05) is 11.6 Å². The van der Waals surface area contributed by atoms with Crippen molar-refractivity contribution in [2.45, 2.75) is 20.8 Å². The van der Waals surface area contributed by atoms with Crippen molar-refractivity contribution in [1.29, 1.82) is 0 Å². The fourth-order valence-corrected chi connectivity index (χ4v) is 3.15. The van der Waals surface area contributed by atoms with Gasteiger partial charge in [-0.2, -0.15) is 0 Å². The molecule has 1 amide bonds. The number of aromatic nitrogens is 1. The van der Waals surface area contributed by atoms with E-state index in [-0.39, 0.29) is 37.0 Å². The summed E-state index contributed by atoms with van der Waals surface area (Å²) in [6.07, 6.45) is 0. The van der Waals surface area contributed by atoms with E-state index in [9.17, 15) is 14.4 Å². The zero-order chi connectivity index (χ0) is 20.8. The van der Waals surface area contributed by atoms with Crippen molar-refractivity contribution in [3.8, 4) is 0 Å². The monoisotopic (exact) mass is 406 g/mol. The van der Waals surface area contributed by atoms with Crippen molar-refractivity contribution in [1.82, 2.24) is 4.98 Å². The van der Waals surface area contributed by atoms with Crippen molar-refractivity contribution >= 4 is 34.9 Å². The third-order valence-corrected chi connectivity index (χ3v) is 4.44. The van der Waals surface area contributed by atoms with Crippen LogP contribution in [0.4, 0.5) is 5.69 Å². The van der Waals surface area contributed by atoms with E-state index in [1.807, 2.05) is 0 Å². The van der Waals surface area contributed by atoms with Gasteiger partial charge in [-0.15, -0.1) is 0 Å². The van der Waals surface area contributed by atoms with Crippen LogP contribution in [0.25, 0.3) is 0 Å². The number of ketones is 1. The molecule has 1 aromatic carbocycles. The molecule has 2 rings (SSSR count). The first kappa shape index (κ1) is 21.7. The molecule has 0 aliphatic rings. The Balaban J connectivity index is 2.03. The van der Waals surface area contributed by atoms with E-state index < -0.39 is 5.97 Å². The molecule has 0 bridgehead atoms. The second kappa shape index (κ2) is 9.52. The molecule has 0 saturated heterocycles. The van der Waals surface area contributed by atoms with Gasteiger partial charge in [0, 0.05) is 22.1 Å². The normalized spacial score (nSPS) is 11.8. The molecule has 0 radical (unpaired) electrons. The summed E-state index contributed by atoms with van der Waals surface area (Å²) < 4.78 is 5.07. The number of H-pyrrole nitrogens is 1. The number of halogens is 1. The van der Waals surface area contributed by atoms with Crippen LogP contribution in [0.2, 0.25) is 5.02 Å². The van der Waals surface area contributed by atoms with Crippen molar-refractivity contribution in [2.75, 3.05) is 32.1 Å². The summed E-state index contributed by atoms with van der Waals surface area (Å²) in [6.45, 7) is 5.58. The highest BCUT2D eigenvalue weighted by Gasteiger charge is 2.27. The number of esters is 1. The van der Waals surface area contributed by atoms with Gasteiger partial charge in [-0.25, -0.2) is 4.79 Å². The Morgan fingerprint density at radius 1 is 1.07 bits per heavy atom. The predicted octanol–water partition coefficient (Wildman–Crippen LogP) is 1.80. The minimum Gasteiger partial charge on any atom is -0.462 e. The number of anilines is 1. The molecular formula is C20H25ClN3O4+. The number of benzene rings is 1. The van der Waals surface area contributed by atoms with Crippen molar-refractivity contribution in [3.05, 3.63) is 51.8 Å². The van der Waals surface area contributed by atoms with Gasteiger partial charge >= 0.3 is 5.97 Å². The summed E-state index contributed by atoms with van der Waals surface area (Å²) in [6, 6.07) is 6.78. The van der Waals surface area contributed by atoms with E-state index in [0.717, 1.165) is 0 Å². The summed E-state index contributed by atoms with van der Waals surface area (Å²) >= 11 is 5.83. The molecule has 1 atom stereocenters. The number of nitrogens with one attached hydrogen (secondary N) is 3. The standard InChI is InChI=1S/C20H24ClN3O4/c1-5-28-20(27)19-13(3)22-12(2)18(19)16(25)10-24(4)11-17(26)23-15-8-6-14(21)7-9-15/h6-9,22H,5,10-11H2,1-4H3,(H,23,26)/p+1. The number of carbonyl (C=O) groups excluding carboxylic acids is 3. The first-order valence-corrected chi connectivity index (χ1v) is 9.36. The van der Waals surface area contributed by atoms with E-state index in [2.05, 4.69) is 10.3 Å². The molecule has 8 heteroatoms. The summed E-state index contributed by atoms with van der Waals surface area (Å²) in [5, 5.41) is 3.35. The Labute approximate surface area is 169 Å². The summed E-state index contributed by atoms with van der Waals surface area (Å²) in [5.74, 6) is -0.965. The van der Waals surface area contributed by atoms with Gasteiger partial charge in [-0.3, -0.25) is 9.59 Å². The minimum absolute atomic E-state index is 0.0680. The summed E-state index contributed by atoms with van der Waals surface area (Å²) in [4.78, 5) is 40.9. The lowest BCUT2D eigenvalue weighted by Crippen LogP contribution is -3.11. The maximum Gasteiger partial charge on any atom is 0.340 e. The van der Waals surface area contributed by atoms with E-state index in [4.69, 9.17) is 16.3 Å². The van der Waals surface area contributed by atoms with Crippen molar-refractivity contribution < 1.29 is 24.0 Å². The Hall–Kier alpha value is -2.64. The lowest BCUT2D eigenvalue weighted by Gasteiger charge is -2.14. The smallest absolute Gasteiger partial charge is 0.340 e. The highest BCUT2D eigenvalue weighted by molar-refractivity contribution is 6.30. The van der Waals surface area contributed by atoms with Gasteiger partial charge < -0.3 is 19.9 Å². The molecule has 28 heavy (non-hydrogen) atoms. The van der Waals surface area contributed by atoms with Gasteiger partial charge in [0.15, 0.2) is 6.54 Å². The Bertz CT molecular complexity index is 874. The number of amides is 1. The number of carbonyl (C=O) groups is 3. The molecule has 3 N–H and O–H groups in total. The molecule has 7 nitrogen and oxygen atoms in total. The lowest BCUT2D eigenvalue weighted by molar-refractivity contribution is -0.861. The number of ether oxygens (including phenoxy) is 1. The van der Waals surface area contributed by atoms with Crippen LogP contribution in [0.15, 0.2) is 24.3 Å². The molecule has 1 aromatic heterocycles. The maximum atomic E-state index is 12.8. The molecule has 1 unspecified atom stereocenters. The SMILES string of the molecule is CCOC(=O)c1c(C)[nH]c(C)c1C(=O)C[NH+](C)CC(=O)Nc1ccc(Cl)cc1. The fraction of sp³-hybridized carbons (Fsp3) is 0.350. The second-order valence-electron chi connectivity index (χ2n) is 6.63. The molecule has 0 fully saturated rings. The Kier molecular flexibility index (Phi) is 7.37. The van der Waals surface area contributed by atoms with Crippen LogP contribution >= 0.6 is 11.6 Å². The Morgan fingerprint density at radius 3 is 2.29 bits per heavy atom. The van der Waals surface area contributed by atoms with Crippen LogP contribution in [0.5, 0.6) is 0 Å². The summed E-state index contributed by atoms with van der Waals surface area (Å²) in [7, 11) is 1.75. The van der Waals surface area contributed by atoms with E-state index >= 15 is 0 Å². The van der Waals surface area contributed by atoms with Gasteiger partial charge in [0.25, 0.3) is 5.91 Å². The highest BCUT2D eigenvalue weighted by atomic mass is 35.5. The number of aryl methyl sites for hydroxylation is 2. The van der Waals surface area contributed by atoms with Crippen molar-refractivity contribution in [3.63, 3.8) is 0 Å². The maximum absolute atomic E-state index is 12.8. The van der Waals surface area contributed by atoms with Gasteiger partial charge in [-0.05, 0) is 45.0 Å². The zero-order valence-electron chi connectivity index (χ0n) is 16.4. The number of aromatic amines is 1. The second-order valence-corrected chi connectivity index (χ2v) is 7.07. The number of likely N-dealkylation sites (N-methyl/N-ethyl adjacent to an activating group) is 1. The number of hydrogen-bond acceptors (Lipinski definition) is 4. The van der Waals surface area contributed by atoms with Crippen LogP contribution in [-0.2, 0) is 9.53 Å². The van der Waals surface area contributed by atoms with Crippen LogP contribution in [0.3, 0.4) is 0 Å². The predicted molar refractivity (Wildman–Crippen MR) is 107 cm³/mol. The topological polar surface area (TPSA) is 92.7 Å². The molecule has 0 aliphatic carbocycles. The van der Waals surface area contributed by atoms with Crippen LogP contribution in [0.1, 0.15) is 39.0 Å². The average molecular weight is 407 g/mol.